The van der Waals surface area contributed by atoms with Gasteiger partial charge in [0.05, 0.1) is 0 Å². The van der Waals surface area contributed by atoms with Crippen LogP contribution in [-0.2, 0) is 4.79 Å². The predicted octanol–water partition coefficient (Wildman–Crippen LogP) is 2.44. The third-order valence-corrected chi connectivity index (χ3v) is 3.51. The first kappa shape index (κ1) is 14.7. The van der Waals surface area contributed by atoms with Crippen LogP contribution in [0.5, 0.6) is 0 Å². The molecular weight excluding hydrogens is 255 g/mol. The quantitative estimate of drug-likeness (QED) is 0.841. The smallest absolute Gasteiger partial charge is 0.246 e. The molecule has 20 heavy (non-hydrogen) atoms. The van der Waals surface area contributed by atoms with Gasteiger partial charge in [-0.3, -0.25) is 4.79 Å². The fourth-order valence-electron chi connectivity index (χ4n) is 2.58. The van der Waals surface area contributed by atoms with Crippen molar-refractivity contribution in [2.24, 2.45) is 0 Å². The molecule has 4 heteroatoms. The summed E-state index contributed by atoms with van der Waals surface area (Å²) in [5.41, 5.74) is 1.73. The van der Waals surface area contributed by atoms with E-state index in [0.717, 1.165) is 24.2 Å². The van der Waals surface area contributed by atoms with E-state index in [1.165, 1.54) is 12.1 Å². The van der Waals surface area contributed by atoms with E-state index in [9.17, 15) is 9.18 Å². The molecule has 0 radical (unpaired) electrons. The van der Waals surface area contributed by atoms with Crippen LogP contribution < -0.4 is 5.32 Å². The van der Waals surface area contributed by atoms with Gasteiger partial charge in [-0.05, 0) is 44.0 Å². The Hall–Kier alpha value is -1.68. The van der Waals surface area contributed by atoms with Crippen molar-refractivity contribution < 1.29 is 9.18 Å². The Balaban J connectivity index is 2.09. The van der Waals surface area contributed by atoms with Crippen LogP contribution in [0.2, 0.25) is 0 Å². The number of allylic oxidation sites excluding steroid dienone is 1. The third kappa shape index (κ3) is 3.67. The lowest BCUT2D eigenvalue weighted by Gasteiger charge is -2.35. The van der Waals surface area contributed by atoms with E-state index in [0.29, 0.717) is 12.1 Å². The maximum atomic E-state index is 12.9. The highest BCUT2D eigenvalue weighted by Crippen LogP contribution is 2.15. The fraction of sp³-hybridized carbons (Fsp3) is 0.438. The van der Waals surface area contributed by atoms with Gasteiger partial charge in [-0.2, -0.15) is 0 Å². The van der Waals surface area contributed by atoms with Crippen molar-refractivity contribution in [1.82, 2.24) is 10.2 Å². The topological polar surface area (TPSA) is 32.3 Å². The highest BCUT2D eigenvalue weighted by molar-refractivity contribution is 5.95. The Morgan fingerprint density at radius 2 is 1.80 bits per heavy atom. The number of hydrogen-bond acceptors (Lipinski definition) is 2. The van der Waals surface area contributed by atoms with E-state index in [-0.39, 0.29) is 11.7 Å². The normalized spacial score (nSPS) is 23.8. The van der Waals surface area contributed by atoms with Gasteiger partial charge in [0.15, 0.2) is 0 Å². The van der Waals surface area contributed by atoms with Crippen LogP contribution >= 0.6 is 0 Å². The average molecular weight is 276 g/mol. The van der Waals surface area contributed by atoms with Crippen molar-refractivity contribution in [3.63, 3.8) is 0 Å². The summed E-state index contributed by atoms with van der Waals surface area (Å²) < 4.78 is 12.9. The summed E-state index contributed by atoms with van der Waals surface area (Å²) in [6, 6.07) is 6.82. The number of rotatable bonds is 2. The van der Waals surface area contributed by atoms with Gasteiger partial charge in [-0.15, -0.1) is 0 Å². The number of nitrogens with zero attached hydrogens (tertiary/aromatic N) is 1. The first-order valence-corrected chi connectivity index (χ1v) is 6.95. The van der Waals surface area contributed by atoms with Gasteiger partial charge in [0, 0.05) is 31.2 Å². The standard InChI is InChI=1S/C16H21FN2O/c1-11(14-4-6-15(17)7-5-14)8-16(20)19-9-12(2)18-13(3)10-19/h4-8,12-13,18H,9-10H2,1-3H3. The maximum absolute atomic E-state index is 12.9. The highest BCUT2D eigenvalue weighted by Gasteiger charge is 2.23. The zero-order chi connectivity index (χ0) is 14.7. The van der Waals surface area contributed by atoms with E-state index in [1.54, 1.807) is 18.2 Å². The Morgan fingerprint density at radius 3 is 2.35 bits per heavy atom. The SMILES string of the molecule is CC(=CC(=O)N1CC(C)NC(C)C1)c1ccc(F)cc1. The van der Waals surface area contributed by atoms with Crippen LogP contribution in [0.25, 0.3) is 5.57 Å². The molecule has 0 aromatic heterocycles. The van der Waals surface area contributed by atoms with Gasteiger partial charge in [0.1, 0.15) is 5.82 Å². The van der Waals surface area contributed by atoms with Crippen molar-refractivity contribution >= 4 is 11.5 Å². The number of amides is 1. The first-order chi connectivity index (χ1) is 9.45. The lowest BCUT2D eigenvalue weighted by molar-refractivity contribution is -0.127. The lowest BCUT2D eigenvalue weighted by atomic mass is 10.1. The van der Waals surface area contributed by atoms with Gasteiger partial charge >= 0.3 is 0 Å². The van der Waals surface area contributed by atoms with Crippen molar-refractivity contribution in [2.75, 3.05) is 13.1 Å². The molecule has 0 saturated carbocycles. The van der Waals surface area contributed by atoms with Crippen LogP contribution in [0.3, 0.4) is 0 Å². The van der Waals surface area contributed by atoms with E-state index in [2.05, 4.69) is 19.2 Å². The summed E-state index contributed by atoms with van der Waals surface area (Å²) in [4.78, 5) is 14.1. The second-order valence-electron chi connectivity index (χ2n) is 5.55. The van der Waals surface area contributed by atoms with Crippen molar-refractivity contribution in [1.29, 1.82) is 0 Å². The minimum atomic E-state index is -0.266. The summed E-state index contributed by atoms with van der Waals surface area (Å²) in [6.07, 6.45) is 1.64. The summed E-state index contributed by atoms with van der Waals surface area (Å²) in [5.74, 6) is -0.246. The molecule has 2 unspecified atom stereocenters. The van der Waals surface area contributed by atoms with Crippen LogP contribution in [0.1, 0.15) is 26.3 Å². The number of nitrogens with one attached hydrogen (secondary N) is 1. The minimum Gasteiger partial charge on any atom is -0.336 e. The molecule has 2 atom stereocenters. The van der Waals surface area contributed by atoms with E-state index < -0.39 is 0 Å². The maximum Gasteiger partial charge on any atom is 0.246 e. The molecule has 1 aliphatic rings. The molecule has 1 heterocycles. The van der Waals surface area contributed by atoms with Gasteiger partial charge in [-0.25, -0.2) is 4.39 Å². The molecule has 1 aromatic rings. The second-order valence-corrected chi connectivity index (χ2v) is 5.55. The van der Waals surface area contributed by atoms with Crippen molar-refractivity contribution in [2.45, 2.75) is 32.9 Å². The minimum absolute atomic E-state index is 0.0204. The van der Waals surface area contributed by atoms with E-state index >= 15 is 0 Å². The molecule has 0 bridgehead atoms. The van der Waals surface area contributed by atoms with Crippen LogP contribution in [0, 0.1) is 5.82 Å². The van der Waals surface area contributed by atoms with Crippen LogP contribution in [0.4, 0.5) is 4.39 Å². The molecule has 1 fully saturated rings. The van der Waals surface area contributed by atoms with Gasteiger partial charge < -0.3 is 10.2 Å². The summed E-state index contributed by atoms with van der Waals surface area (Å²) >= 11 is 0. The molecule has 1 N–H and O–H groups in total. The molecule has 1 aliphatic heterocycles. The average Bonchev–Trinajstić information content (AvgIpc) is 2.38. The predicted molar refractivity (Wildman–Crippen MR) is 78.7 cm³/mol. The zero-order valence-electron chi connectivity index (χ0n) is 12.2. The zero-order valence-corrected chi connectivity index (χ0v) is 12.2. The number of hydrogen-bond donors (Lipinski definition) is 1. The number of halogens is 1. The number of carbonyl (C=O) groups excluding carboxylic acids is 1. The molecule has 0 aliphatic carbocycles. The highest BCUT2D eigenvalue weighted by atomic mass is 19.1. The van der Waals surface area contributed by atoms with E-state index in [1.807, 2.05) is 11.8 Å². The molecule has 1 amide bonds. The van der Waals surface area contributed by atoms with Gasteiger partial charge in [-0.1, -0.05) is 12.1 Å². The molecule has 2 rings (SSSR count). The summed E-state index contributed by atoms with van der Waals surface area (Å²) in [5, 5.41) is 3.40. The van der Waals surface area contributed by atoms with Crippen molar-refractivity contribution in [3.05, 3.63) is 41.7 Å². The third-order valence-electron chi connectivity index (χ3n) is 3.51. The Kier molecular flexibility index (Phi) is 4.55. The molecule has 3 nitrogen and oxygen atoms in total. The lowest BCUT2D eigenvalue weighted by Crippen LogP contribution is -2.55. The molecule has 0 spiro atoms. The van der Waals surface area contributed by atoms with Gasteiger partial charge in [0.25, 0.3) is 0 Å². The van der Waals surface area contributed by atoms with Crippen LogP contribution in [0.15, 0.2) is 30.3 Å². The summed E-state index contributed by atoms with van der Waals surface area (Å²) in [6.45, 7) is 7.46. The Bertz CT molecular complexity index is 500. The van der Waals surface area contributed by atoms with Crippen LogP contribution in [-0.4, -0.2) is 36.0 Å². The molecule has 1 aromatic carbocycles. The molecule has 1 saturated heterocycles. The molecular formula is C16H21FN2O. The monoisotopic (exact) mass is 276 g/mol. The van der Waals surface area contributed by atoms with E-state index in [4.69, 9.17) is 0 Å². The largest absolute Gasteiger partial charge is 0.336 e. The van der Waals surface area contributed by atoms with Gasteiger partial charge in [0.2, 0.25) is 5.91 Å². The number of carbonyl (C=O) groups is 1. The summed E-state index contributed by atoms with van der Waals surface area (Å²) in [7, 11) is 0. The second kappa shape index (κ2) is 6.18. The molecule has 108 valence electrons. The fourth-order valence-corrected chi connectivity index (χ4v) is 2.58. The Morgan fingerprint density at radius 1 is 1.25 bits per heavy atom. The van der Waals surface area contributed by atoms with Crippen molar-refractivity contribution in [3.8, 4) is 0 Å². The number of piperazine rings is 1. The number of benzene rings is 1. The first-order valence-electron chi connectivity index (χ1n) is 6.95. The Labute approximate surface area is 119 Å².